The average Bonchev–Trinajstić information content (AvgIpc) is 3.14. The molecule has 7 nitrogen and oxygen atoms in total. The van der Waals surface area contributed by atoms with E-state index in [9.17, 15) is 5.26 Å². The van der Waals surface area contributed by atoms with Gasteiger partial charge in [-0.05, 0) is 35.4 Å². The number of rotatable bonds is 6. The summed E-state index contributed by atoms with van der Waals surface area (Å²) in [5.74, 6) is 1.22. The van der Waals surface area contributed by atoms with Crippen LogP contribution in [0.2, 0.25) is 5.02 Å². The van der Waals surface area contributed by atoms with Crippen molar-refractivity contribution in [3.63, 3.8) is 0 Å². The lowest BCUT2D eigenvalue weighted by Crippen LogP contribution is -2.22. The highest BCUT2D eigenvalue weighted by Gasteiger charge is 2.34. The number of nitriles is 1. The second-order valence-electron chi connectivity index (χ2n) is 6.70. The zero-order chi connectivity index (χ0) is 21.1. The number of nitrogens with two attached hydrogens (primary N) is 1. The first-order valence-electron chi connectivity index (χ1n) is 9.22. The van der Waals surface area contributed by atoms with E-state index < -0.39 is 5.92 Å². The van der Waals surface area contributed by atoms with Crippen LogP contribution in [0.25, 0.3) is 0 Å². The van der Waals surface area contributed by atoms with Crippen molar-refractivity contribution in [3.05, 3.63) is 87.7 Å². The molecule has 1 atom stereocenters. The van der Waals surface area contributed by atoms with Crippen molar-refractivity contribution < 1.29 is 14.2 Å². The van der Waals surface area contributed by atoms with Crippen LogP contribution in [0.5, 0.6) is 11.6 Å². The van der Waals surface area contributed by atoms with E-state index in [1.54, 1.807) is 19.2 Å². The fourth-order valence-corrected chi connectivity index (χ4v) is 3.54. The third-order valence-electron chi connectivity index (χ3n) is 4.77. The van der Waals surface area contributed by atoms with Crippen LogP contribution in [0.1, 0.15) is 28.6 Å². The van der Waals surface area contributed by atoms with Crippen LogP contribution in [-0.4, -0.2) is 17.1 Å². The molecule has 1 aliphatic rings. The van der Waals surface area contributed by atoms with Gasteiger partial charge in [0.15, 0.2) is 0 Å². The Morgan fingerprint density at radius 3 is 2.70 bits per heavy atom. The molecule has 0 unspecified atom stereocenters. The van der Waals surface area contributed by atoms with Crippen molar-refractivity contribution in [2.45, 2.75) is 19.1 Å². The predicted molar refractivity (Wildman–Crippen MR) is 111 cm³/mol. The van der Waals surface area contributed by atoms with Gasteiger partial charge in [-0.1, -0.05) is 35.9 Å². The van der Waals surface area contributed by atoms with Crippen molar-refractivity contribution >= 4 is 11.6 Å². The summed E-state index contributed by atoms with van der Waals surface area (Å²) in [6.45, 7) is 0.592. The van der Waals surface area contributed by atoms with Gasteiger partial charge >= 0.3 is 0 Å². The van der Waals surface area contributed by atoms with Gasteiger partial charge in [-0.15, -0.1) is 0 Å². The minimum Gasteiger partial charge on any atom is -0.489 e. The summed E-state index contributed by atoms with van der Waals surface area (Å²) in [5, 5.41) is 10.4. The maximum absolute atomic E-state index is 9.78. The van der Waals surface area contributed by atoms with Gasteiger partial charge in [0.1, 0.15) is 36.4 Å². The molecule has 0 spiro atoms. The Labute approximate surface area is 178 Å². The largest absolute Gasteiger partial charge is 0.489 e. The summed E-state index contributed by atoms with van der Waals surface area (Å²) in [4.78, 5) is 7.61. The lowest BCUT2D eigenvalue weighted by molar-refractivity contribution is 0.178. The third kappa shape index (κ3) is 3.83. The Morgan fingerprint density at radius 1 is 1.20 bits per heavy atom. The van der Waals surface area contributed by atoms with Crippen LogP contribution in [0.4, 0.5) is 0 Å². The van der Waals surface area contributed by atoms with Gasteiger partial charge in [0, 0.05) is 12.1 Å². The monoisotopic (exact) mass is 422 g/mol. The number of aromatic nitrogens is 2. The highest BCUT2D eigenvalue weighted by Crippen LogP contribution is 2.42. The molecule has 0 aliphatic carbocycles. The molecule has 0 fully saturated rings. The summed E-state index contributed by atoms with van der Waals surface area (Å²) in [5.41, 5.74) is 8.81. The van der Waals surface area contributed by atoms with E-state index in [-0.39, 0.29) is 12.5 Å². The van der Waals surface area contributed by atoms with Crippen molar-refractivity contribution in [1.29, 1.82) is 5.26 Å². The van der Waals surface area contributed by atoms with Crippen molar-refractivity contribution in [2.24, 2.45) is 5.73 Å². The van der Waals surface area contributed by atoms with Crippen LogP contribution in [0.3, 0.4) is 0 Å². The number of H-pyrrole nitrogens is 1. The second-order valence-corrected chi connectivity index (χ2v) is 7.14. The topological polar surface area (TPSA) is 106 Å². The Balaban J connectivity index is 1.72. The minimum absolute atomic E-state index is 0.0406. The Hall–Kier alpha value is -3.47. The molecule has 4 rings (SSSR count). The molecule has 152 valence electrons. The summed E-state index contributed by atoms with van der Waals surface area (Å²) in [6, 6.07) is 17.1. The molecule has 2 aromatic carbocycles. The molecule has 0 bridgehead atoms. The normalized spacial score (nSPS) is 15.3. The van der Waals surface area contributed by atoms with E-state index in [4.69, 9.17) is 31.5 Å². The Morgan fingerprint density at radius 2 is 1.97 bits per heavy atom. The third-order valence-corrected chi connectivity index (χ3v) is 5.02. The maximum atomic E-state index is 9.78. The van der Waals surface area contributed by atoms with Gasteiger partial charge in [0.25, 0.3) is 0 Å². The number of nitrogens with one attached hydrogen (secondary N) is 1. The van der Waals surface area contributed by atoms with E-state index in [0.717, 1.165) is 11.1 Å². The van der Waals surface area contributed by atoms with Gasteiger partial charge in [0.05, 0.1) is 11.6 Å². The zero-order valence-electron chi connectivity index (χ0n) is 16.2. The molecule has 8 heteroatoms. The molecule has 0 saturated heterocycles. The molecular weight excluding hydrogens is 404 g/mol. The smallest absolute Gasteiger partial charge is 0.243 e. The van der Waals surface area contributed by atoms with E-state index in [1.165, 1.54) is 0 Å². The first kappa shape index (κ1) is 19.8. The van der Waals surface area contributed by atoms with Crippen LogP contribution >= 0.6 is 11.6 Å². The molecule has 0 saturated carbocycles. The van der Waals surface area contributed by atoms with Crippen LogP contribution in [-0.2, 0) is 18.0 Å². The number of fused-ring (bicyclic) bond motifs is 1. The van der Waals surface area contributed by atoms with Gasteiger partial charge in [0.2, 0.25) is 11.8 Å². The number of methoxy groups -OCH3 is 1. The molecule has 3 N–H and O–H groups in total. The molecule has 30 heavy (non-hydrogen) atoms. The first-order chi connectivity index (χ1) is 14.6. The molecular formula is C22H19ClN4O3. The molecule has 0 radical (unpaired) electrons. The van der Waals surface area contributed by atoms with E-state index in [1.807, 2.05) is 36.4 Å². The Bertz CT molecular complexity index is 1130. The van der Waals surface area contributed by atoms with Gasteiger partial charge < -0.3 is 24.9 Å². The standard InChI is InChI=1S/C22H19ClN4O3/c1-28-12-18-26-20-19(17(10-24)21(25)30-22(20)27-18)16-5-3-2-4-13(16)11-29-15-8-6-14(23)7-9-15/h2-9,19H,11-12,25H2,1H3,(H,26,27)/t19-/m1/s1. The average molecular weight is 423 g/mol. The number of benzene rings is 2. The second kappa shape index (κ2) is 8.49. The lowest BCUT2D eigenvalue weighted by atomic mass is 9.85. The number of ether oxygens (including phenoxy) is 3. The minimum atomic E-state index is -0.457. The number of hydrogen-bond acceptors (Lipinski definition) is 6. The van der Waals surface area contributed by atoms with Gasteiger partial charge in [-0.2, -0.15) is 10.2 Å². The number of halogens is 1. The number of hydrogen-bond donors (Lipinski definition) is 2. The van der Waals surface area contributed by atoms with E-state index >= 15 is 0 Å². The number of imidazole rings is 1. The predicted octanol–water partition coefficient (Wildman–Crippen LogP) is 4.01. The molecule has 0 amide bonds. The molecule has 2 heterocycles. The number of nitrogens with zero attached hydrogens (tertiary/aromatic N) is 2. The van der Waals surface area contributed by atoms with Crippen molar-refractivity contribution in [2.75, 3.05) is 7.11 Å². The van der Waals surface area contributed by atoms with Crippen LogP contribution < -0.4 is 15.2 Å². The molecule has 1 aromatic heterocycles. The highest BCUT2D eigenvalue weighted by molar-refractivity contribution is 6.30. The SMILES string of the molecule is COCc1nc2c([nH]1)[C@H](c1ccccc1COc1ccc(Cl)cc1)C(C#N)=C(N)O2. The molecule has 1 aliphatic heterocycles. The quantitative estimate of drug-likeness (QED) is 0.621. The fourth-order valence-electron chi connectivity index (χ4n) is 3.41. The van der Waals surface area contributed by atoms with Crippen molar-refractivity contribution in [3.8, 4) is 17.7 Å². The highest BCUT2D eigenvalue weighted by atomic mass is 35.5. The van der Waals surface area contributed by atoms with E-state index in [0.29, 0.717) is 40.4 Å². The lowest BCUT2D eigenvalue weighted by Gasteiger charge is -2.24. The summed E-state index contributed by atoms with van der Waals surface area (Å²) >= 11 is 5.94. The number of allylic oxidation sites excluding steroid dienone is 1. The summed E-state index contributed by atoms with van der Waals surface area (Å²) < 4.78 is 16.7. The van der Waals surface area contributed by atoms with Gasteiger partial charge in [-0.25, -0.2) is 0 Å². The fraction of sp³-hybridized carbons (Fsp3) is 0.182. The number of aromatic amines is 1. The first-order valence-corrected chi connectivity index (χ1v) is 9.60. The summed E-state index contributed by atoms with van der Waals surface area (Å²) in [6.07, 6.45) is 0. The van der Waals surface area contributed by atoms with Crippen molar-refractivity contribution in [1.82, 2.24) is 9.97 Å². The summed E-state index contributed by atoms with van der Waals surface area (Å²) in [7, 11) is 1.58. The Kier molecular flexibility index (Phi) is 5.61. The van der Waals surface area contributed by atoms with Gasteiger partial charge in [-0.3, -0.25) is 0 Å². The molecule has 3 aromatic rings. The van der Waals surface area contributed by atoms with Crippen LogP contribution in [0, 0.1) is 11.3 Å². The zero-order valence-corrected chi connectivity index (χ0v) is 16.9. The maximum Gasteiger partial charge on any atom is 0.243 e. The van der Waals surface area contributed by atoms with Crippen LogP contribution in [0.15, 0.2) is 60.0 Å². The van der Waals surface area contributed by atoms with E-state index in [2.05, 4.69) is 16.0 Å².